The predicted molar refractivity (Wildman–Crippen MR) is 89.3 cm³/mol. The lowest BCUT2D eigenvalue weighted by molar-refractivity contribution is -0.135. The van der Waals surface area contributed by atoms with Gasteiger partial charge in [-0.3, -0.25) is 0 Å². The summed E-state index contributed by atoms with van der Waals surface area (Å²) in [4.78, 5) is 11.5. The normalized spacial score (nSPS) is 10.7. The van der Waals surface area contributed by atoms with Crippen molar-refractivity contribution in [1.82, 2.24) is 0 Å². The lowest BCUT2D eigenvalue weighted by Crippen LogP contribution is -2.02. The molecule has 0 amide bonds. The van der Waals surface area contributed by atoms with Crippen molar-refractivity contribution in [2.75, 3.05) is 14.2 Å². The number of halogens is 1. The predicted octanol–water partition coefficient (Wildman–Crippen LogP) is 3.49. The van der Waals surface area contributed by atoms with Gasteiger partial charge in [0.1, 0.15) is 24.1 Å². The molecule has 0 aliphatic carbocycles. The number of nitrogens with zero attached hydrogens (tertiary/aromatic N) is 1. The van der Waals surface area contributed by atoms with Gasteiger partial charge < -0.3 is 14.2 Å². The topological polar surface area (TPSA) is 68.6 Å². The van der Waals surface area contributed by atoms with E-state index in [1.54, 1.807) is 36.4 Å². The Morgan fingerprint density at radius 3 is 2.64 bits per heavy atom. The highest BCUT2D eigenvalue weighted by Crippen LogP contribution is 2.29. The second kappa shape index (κ2) is 8.50. The minimum atomic E-state index is -0.715. The minimum absolute atomic E-state index is 0.127. The second-order valence-electron chi connectivity index (χ2n) is 4.99. The van der Waals surface area contributed by atoms with Gasteiger partial charge in [-0.2, -0.15) is 5.26 Å². The fourth-order valence-electron chi connectivity index (χ4n) is 2.09. The first-order chi connectivity index (χ1) is 12.1. The van der Waals surface area contributed by atoms with Crippen molar-refractivity contribution in [2.45, 2.75) is 6.61 Å². The average molecular weight is 341 g/mol. The van der Waals surface area contributed by atoms with E-state index in [1.165, 1.54) is 32.4 Å². The van der Waals surface area contributed by atoms with Gasteiger partial charge in [0.15, 0.2) is 11.5 Å². The summed E-state index contributed by atoms with van der Waals surface area (Å²) in [5, 5.41) is 9.00. The molecule has 6 heteroatoms. The number of methoxy groups -OCH3 is 2. The van der Waals surface area contributed by atoms with Crippen LogP contribution in [0.25, 0.3) is 6.08 Å². The zero-order valence-corrected chi connectivity index (χ0v) is 13.8. The maximum Gasteiger partial charge on any atom is 0.348 e. The van der Waals surface area contributed by atoms with Gasteiger partial charge in [0.25, 0.3) is 0 Å². The third-order valence-electron chi connectivity index (χ3n) is 3.31. The zero-order chi connectivity index (χ0) is 18.2. The van der Waals surface area contributed by atoms with Crippen molar-refractivity contribution < 1.29 is 23.4 Å². The minimum Gasteiger partial charge on any atom is -0.493 e. The van der Waals surface area contributed by atoms with E-state index in [1.807, 2.05) is 0 Å². The van der Waals surface area contributed by atoms with Gasteiger partial charge in [-0.1, -0.05) is 18.2 Å². The van der Waals surface area contributed by atoms with Crippen molar-refractivity contribution in [3.8, 4) is 17.6 Å². The van der Waals surface area contributed by atoms with Crippen LogP contribution in [0, 0.1) is 17.1 Å². The van der Waals surface area contributed by atoms with Crippen LogP contribution in [0.2, 0.25) is 0 Å². The third-order valence-corrected chi connectivity index (χ3v) is 3.31. The highest BCUT2D eigenvalue weighted by molar-refractivity contribution is 5.97. The quantitative estimate of drug-likeness (QED) is 0.457. The van der Waals surface area contributed by atoms with Gasteiger partial charge in [-0.05, 0) is 41.5 Å². The van der Waals surface area contributed by atoms with Gasteiger partial charge in [0.05, 0.1) is 14.2 Å². The molecule has 0 N–H and O–H groups in total. The van der Waals surface area contributed by atoms with Gasteiger partial charge in [-0.15, -0.1) is 0 Å². The van der Waals surface area contributed by atoms with Gasteiger partial charge >= 0.3 is 5.97 Å². The Morgan fingerprint density at radius 2 is 2.00 bits per heavy atom. The van der Waals surface area contributed by atoms with Crippen LogP contribution >= 0.6 is 0 Å². The maximum absolute atomic E-state index is 13.2. The van der Waals surface area contributed by atoms with E-state index >= 15 is 0 Å². The van der Waals surface area contributed by atoms with Crippen molar-refractivity contribution in [2.24, 2.45) is 0 Å². The molecule has 128 valence electrons. The number of nitriles is 1. The Hall–Kier alpha value is -3.33. The Balaban J connectivity index is 2.20. The average Bonchev–Trinajstić information content (AvgIpc) is 2.64. The van der Waals surface area contributed by atoms with Crippen molar-refractivity contribution in [3.05, 3.63) is 65.0 Å². The molecule has 0 unspecified atom stereocenters. The van der Waals surface area contributed by atoms with Gasteiger partial charge in [0.2, 0.25) is 0 Å². The molecule has 0 fully saturated rings. The Bertz CT molecular complexity index is 840. The van der Waals surface area contributed by atoms with E-state index < -0.39 is 5.97 Å². The molecule has 0 spiro atoms. The Morgan fingerprint density at radius 1 is 1.20 bits per heavy atom. The van der Waals surface area contributed by atoms with Crippen LogP contribution in [-0.4, -0.2) is 20.2 Å². The highest BCUT2D eigenvalue weighted by atomic mass is 19.1. The zero-order valence-electron chi connectivity index (χ0n) is 13.8. The molecule has 0 radical (unpaired) electrons. The summed E-state index contributed by atoms with van der Waals surface area (Å²) in [7, 11) is 2.68. The molecular weight excluding hydrogens is 325 g/mol. The molecule has 2 aromatic rings. The molecule has 0 aromatic heterocycles. The molecule has 0 heterocycles. The van der Waals surface area contributed by atoms with Crippen molar-refractivity contribution >= 4 is 12.0 Å². The number of rotatable bonds is 6. The first kappa shape index (κ1) is 18.0. The molecule has 5 nitrogen and oxygen atoms in total. The number of esters is 1. The molecule has 2 aromatic carbocycles. The summed E-state index contributed by atoms with van der Waals surface area (Å²) in [6.45, 7) is 0.176. The standard InChI is InChI=1S/C19H16FNO4/c1-23-18-10-13(8-15(11-21)19(22)24-2)6-7-17(18)25-12-14-4-3-5-16(20)9-14/h3-10H,12H2,1-2H3. The molecule has 25 heavy (non-hydrogen) atoms. The first-order valence-corrected chi connectivity index (χ1v) is 7.32. The summed E-state index contributed by atoms with van der Waals surface area (Å²) >= 11 is 0. The second-order valence-corrected chi connectivity index (χ2v) is 4.99. The van der Waals surface area contributed by atoms with Crippen LogP contribution in [0.15, 0.2) is 48.0 Å². The summed E-state index contributed by atoms with van der Waals surface area (Å²) < 4.78 is 28.7. The van der Waals surface area contributed by atoms with Crippen LogP contribution in [0.3, 0.4) is 0 Å². The molecule has 2 rings (SSSR count). The molecule has 0 aliphatic rings. The maximum atomic E-state index is 13.2. The monoisotopic (exact) mass is 341 g/mol. The number of carbonyl (C=O) groups excluding carboxylic acids is 1. The van der Waals surface area contributed by atoms with Crippen LogP contribution in [0.5, 0.6) is 11.5 Å². The SMILES string of the molecule is COC(=O)C(C#N)=Cc1ccc(OCc2cccc(F)c2)c(OC)c1. The number of ether oxygens (including phenoxy) is 3. The lowest BCUT2D eigenvalue weighted by atomic mass is 10.1. The summed E-state index contributed by atoms with van der Waals surface area (Å²) in [6.07, 6.45) is 1.39. The number of benzene rings is 2. The lowest BCUT2D eigenvalue weighted by Gasteiger charge is -2.11. The largest absolute Gasteiger partial charge is 0.493 e. The van der Waals surface area contributed by atoms with Gasteiger partial charge in [0, 0.05) is 0 Å². The van der Waals surface area contributed by atoms with Crippen LogP contribution in [-0.2, 0) is 16.1 Å². The van der Waals surface area contributed by atoms with Crippen LogP contribution < -0.4 is 9.47 Å². The van der Waals surface area contributed by atoms with Gasteiger partial charge in [-0.25, -0.2) is 9.18 Å². The number of hydrogen-bond donors (Lipinski definition) is 0. The van der Waals surface area contributed by atoms with E-state index in [-0.39, 0.29) is 18.0 Å². The van der Waals surface area contributed by atoms with E-state index in [4.69, 9.17) is 14.7 Å². The Labute approximate surface area is 144 Å². The molecule has 0 saturated heterocycles. The van der Waals surface area contributed by atoms with Crippen LogP contribution in [0.1, 0.15) is 11.1 Å². The molecular formula is C19H16FNO4. The first-order valence-electron chi connectivity index (χ1n) is 7.32. The fourth-order valence-corrected chi connectivity index (χ4v) is 2.09. The fraction of sp³-hybridized carbons (Fsp3) is 0.158. The highest BCUT2D eigenvalue weighted by Gasteiger charge is 2.11. The van der Waals surface area contributed by atoms with E-state index in [0.29, 0.717) is 22.6 Å². The number of carbonyl (C=O) groups is 1. The number of hydrogen-bond acceptors (Lipinski definition) is 5. The third kappa shape index (κ3) is 4.82. The molecule has 0 aliphatic heterocycles. The summed E-state index contributed by atoms with van der Waals surface area (Å²) in [5.74, 6) is -0.166. The molecule has 0 atom stereocenters. The summed E-state index contributed by atoms with van der Waals surface area (Å²) in [5.41, 5.74) is 1.14. The van der Waals surface area contributed by atoms with Crippen molar-refractivity contribution in [1.29, 1.82) is 5.26 Å². The molecule has 0 saturated carbocycles. The van der Waals surface area contributed by atoms with Crippen LogP contribution in [0.4, 0.5) is 4.39 Å². The van der Waals surface area contributed by atoms with E-state index in [2.05, 4.69) is 4.74 Å². The summed E-state index contributed by atoms with van der Waals surface area (Å²) in [6, 6.07) is 12.8. The molecule has 0 bridgehead atoms. The van der Waals surface area contributed by atoms with Crippen molar-refractivity contribution in [3.63, 3.8) is 0 Å². The Kier molecular flexibility index (Phi) is 6.13. The van der Waals surface area contributed by atoms with E-state index in [0.717, 1.165) is 0 Å². The smallest absolute Gasteiger partial charge is 0.348 e. The van der Waals surface area contributed by atoms with E-state index in [9.17, 15) is 9.18 Å².